The van der Waals surface area contributed by atoms with Crippen LogP contribution in [0.25, 0.3) is 0 Å². The van der Waals surface area contributed by atoms with E-state index in [-0.39, 0.29) is 0 Å². The smallest absolute Gasteiger partial charge is 0.000850 e. The van der Waals surface area contributed by atoms with Crippen molar-refractivity contribution in [2.24, 2.45) is 5.92 Å². The lowest BCUT2D eigenvalue weighted by atomic mass is 10.2. The van der Waals surface area contributed by atoms with Crippen molar-refractivity contribution in [1.82, 2.24) is 5.32 Å². The molecule has 0 amide bonds. The maximum absolute atomic E-state index is 3.10. The molecule has 0 aliphatic heterocycles. The fourth-order valence-electron chi connectivity index (χ4n) is 0.719. The third-order valence-electron chi connectivity index (χ3n) is 1.05. The zero-order chi connectivity index (χ0) is 6.41. The van der Waals surface area contributed by atoms with E-state index in [2.05, 4.69) is 24.4 Å². The van der Waals surface area contributed by atoms with Crippen LogP contribution in [0.3, 0.4) is 0 Å². The number of hydrogen-bond donors (Lipinski definition) is 1. The number of hydrogen-bond acceptors (Lipinski definition) is 1. The molecule has 0 aromatic rings. The van der Waals surface area contributed by atoms with Crippen molar-refractivity contribution in [3.63, 3.8) is 0 Å². The molecule has 0 fully saturated rings. The largest absolute Gasteiger partial charge is 0.319 e. The van der Waals surface area contributed by atoms with E-state index in [0.29, 0.717) is 5.92 Å². The summed E-state index contributed by atoms with van der Waals surface area (Å²) in [6.07, 6.45) is 4.28. The third kappa shape index (κ3) is 3.88. The van der Waals surface area contributed by atoms with E-state index in [1.165, 1.54) is 0 Å². The van der Waals surface area contributed by atoms with Gasteiger partial charge >= 0.3 is 0 Å². The van der Waals surface area contributed by atoms with Gasteiger partial charge in [-0.05, 0) is 19.9 Å². The molecule has 1 N–H and O–H groups in total. The molecule has 0 aromatic heterocycles. The van der Waals surface area contributed by atoms with Crippen molar-refractivity contribution in [3.8, 4) is 0 Å². The van der Waals surface area contributed by atoms with Gasteiger partial charge in [0.1, 0.15) is 0 Å². The molecule has 0 heterocycles. The minimum absolute atomic E-state index is 0.671. The van der Waals surface area contributed by atoms with Crippen LogP contribution >= 0.6 is 0 Å². The number of allylic oxidation sites excluding steroid dienone is 1. The third-order valence-corrected chi connectivity index (χ3v) is 1.05. The summed E-state index contributed by atoms with van der Waals surface area (Å²) in [6, 6.07) is 0. The van der Waals surface area contributed by atoms with Crippen molar-refractivity contribution >= 4 is 0 Å². The van der Waals surface area contributed by atoms with Gasteiger partial charge in [-0.1, -0.05) is 19.1 Å². The van der Waals surface area contributed by atoms with Gasteiger partial charge in [0.15, 0.2) is 0 Å². The van der Waals surface area contributed by atoms with Crippen LogP contribution in [0.1, 0.15) is 13.8 Å². The molecule has 0 aliphatic rings. The fraction of sp³-hybridized carbons (Fsp3) is 0.714. The highest BCUT2D eigenvalue weighted by atomic mass is 14.8. The van der Waals surface area contributed by atoms with Crippen LogP contribution in [-0.2, 0) is 0 Å². The van der Waals surface area contributed by atoms with Crippen LogP contribution in [0.15, 0.2) is 12.2 Å². The van der Waals surface area contributed by atoms with Crippen LogP contribution in [-0.4, -0.2) is 13.6 Å². The SMILES string of the molecule is CC=CC(C)CNC. The molecule has 48 valence electrons. The van der Waals surface area contributed by atoms with E-state index < -0.39 is 0 Å². The first-order valence-corrected chi connectivity index (χ1v) is 3.08. The Hall–Kier alpha value is -0.300. The summed E-state index contributed by atoms with van der Waals surface area (Å²) in [4.78, 5) is 0. The maximum Gasteiger partial charge on any atom is 0.000850 e. The van der Waals surface area contributed by atoms with E-state index in [1.54, 1.807) is 0 Å². The molecular formula is C7H15N. The van der Waals surface area contributed by atoms with Gasteiger partial charge in [0, 0.05) is 6.54 Å². The summed E-state index contributed by atoms with van der Waals surface area (Å²) in [5.41, 5.74) is 0. The molecule has 0 bridgehead atoms. The molecular weight excluding hydrogens is 98.1 g/mol. The molecule has 1 unspecified atom stereocenters. The summed E-state index contributed by atoms with van der Waals surface area (Å²) in [7, 11) is 1.97. The Kier molecular flexibility index (Phi) is 4.67. The zero-order valence-corrected chi connectivity index (χ0v) is 5.94. The van der Waals surface area contributed by atoms with E-state index in [0.717, 1.165) is 6.54 Å². The molecule has 0 saturated heterocycles. The van der Waals surface area contributed by atoms with Crippen LogP contribution in [0.4, 0.5) is 0 Å². The summed E-state index contributed by atoms with van der Waals surface area (Å²) in [5.74, 6) is 0.671. The molecule has 0 spiro atoms. The van der Waals surface area contributed by atoms with Crippen LogP contribution in [0.5, 0.6) is 0 Å². The molecule has 1 atom stereocenters. The Labute approximate surface area is 51.8 Å². The van der Waals surface area contributed by atoms with Gasteiger partial charge in [-0.15, -0.1) is 0 Å². The van der Waals surface area contributed by atoms with E-state index in [4.69, 9.17) is 0 Å². The minimum Gasteiger partial charge on any atom is -0.319 e. The Bertz CT molecular complexity index is 66.8. The Morgan fingerprint density at radius 1 is 1.62 bits per heavy atom. The lowest BCUT2D eigenvalue weighted by Gasteiger charge is -2.01. The summed E-state index contributed by atoms with van der Waals surface area (Å²) in [6.45, 7) is 5.31. The number of rotatable bonds is 3. The molecule has 0 aromatic carbocycles. The highest BCUT2D eigenvalue weighted by molar-refractivity contribution is 4.83. The van der Waals surface area contributed by atoms with Gasteiger partial charge in [-0.25, -0.2) is 0 Å². The standard InChI is InChI=1S/C7H15N/c1-4-5-7(2)6-8-3/h4-5,7-8H,6H2,1-3H3. The maximum atomic E-state index is 3.10. The molecule has 8 heavy (non-hydrogen) atoms. The molecule has 0 radical (unpaired) electrons. The van der Waals surface area contributed by atoms with Gasteiger partial charge in [0.05, 0.1) is 0 Å². The zero-order valence-electron chi connectivity index (χ0n) is 5.94. The highest BCUT2D eigenvalue weighted by Gasteiger charge is 1.89. The quantitative estimate of drug-likeness (QED) is 0.546. The van der Waals surface area contributed by atoms with Crippen LogP contribution < -0.4 is 5.32 Å². The van der Waals surface area contributed by atoms with Crippen molar-refractivity contribution in [3.05, 3.63) is 12.2 Å². The van der Waals surface area contributed by atoms with Crippen molar-refractivity contribution in [2.45, 2.75) is 13.8 Å². The lowest BCUT2D eigenvalue weighted by Crippen LogP contribution is -2.13. The first-order valence-electron chi connectivity index (χ1n) is 3.08. The topological polar surface area (TPSA) is 12.0 Å². The first kappa shape index (κ1) is 7.70. The van der Waals surface area contributed by atoms with Crippen molar-refractivity contribution in [2.75, 3.05) is 13.6 Å². The summed E-state index contributed by atoms with van der Waals surface area (Å²) >= 11 is 0. The Morgan fingerprint density at radius 2 is 2.25 bits per heavy atom. The molecule has 0 aliphatic carbocycles. The first-order chi connectivity index (χ1) is 3.81. The minimum atomic E-state index is 0.671. The highest BCUT2D eigenvalue weighted by Crippen LogP contribution is 1.92. The van der Waals surface area contributed by atoms with Gasteiger partial charge < -0.3 is 5.32 Å². The van der Waals surface area contributed by atoms with Gasteiger partial charge in [0.25, 0.3) is 0 Å². The van der Waals surface area contributed by atoms with Gasteiger partial charge in [-0.2, -0.15) is 0 Å². The Balaban J connectivity index is 3.17. The predicted octanol–water partition coefficient (Wildman–Crippen LogP) is 1.42. The van der Waals surface area contributed by atoms with Gasteiger partial charge in [0.2, 0.25) is 0 Å². The van der Waals surface area contributed by atoms with E-state index in [9.17, 15) is 0 Å². The summed E-state index contributed by atoms with van der Waals surface area (Å²) < 4.78 is 0. The van der Waals surface area contributed by atoms with E-state index in [1.807, 2.05) is 14.0 Å². The average Bonchev–Trinajstić information content (AvgIpc) is 1.68. The molecule has 0 saturated carbocycles. The molecule has 1 heteroatoms. The predicted molar refractivity (Wildman–Crippen MR) is 37.9 cm³/mol. The molecule has 0 rings (SSSR count). The summed E-state index contributed by atoms with van der Waals surface area (Å²) in [5, 5.41) is 3.10. The van der Waals surface area contributed by atoms with Crippen molar-refractivity contribution in [1.29, 1.82) is 0 Å². The fourth-order valence-corrected chi connectivity index (χ4v) is 0.719. The Morgan fingerprint density at radius 3 is 2.62 bits per heavy atom. The lowest BCUT2D eigenvalue weighted by molar-refractivity contribution is 0.649. The van der Waals surface area contributed by atoms with Crippen molar-refractivity contribution < 1.29 is 0 Å². The second-order valence-electron chi connectivity index (χ2n) is 2.06. The van der Waals surface area contributed by atoms with Crippen LogP contribution in [0.2, 0.25) is 0 Å². The van der Waals surface area contributed by atoms with Gasteiger partial charge in [-0.3, -0.25) is 0 Å². The van der Waals surface area contributed by atoms with Crippen LogP contribution in [0, 0.1) is 5.92 Å². The second-order valence-corrected chi connectivity index (χ2v) is 2.06. The monoisotopic (exact) mass is 113 g/mol. The van der Waals surface area contributed by atoms with E-state index >= 15 is 0 Å². The normalized spacial score (nSPS) is 14.9. The molecule has 1 nitrogen and oxygen atoms in total. The number of nitrogens with one attached hydrogen (secondary N) is 1. The average molecular weight is 113 g/mol. The second kappa shape index (κ2) is 4.85.